The van der Waals surface area contributed by atoms with Crippen LogP contribution in [0.3, 0.4) is 0 Å². The Morgan fingerprint density at radius 1 is 1.75 bits per heavy atom. The van der Waals surface area contributed by atoms with Crippen LogP contribution >= 0.6 is 11.6 Å². The van der Waals surface area contributed by atoms with Crippen molar-refractivity contribution in [2.75, 3.05) is 0 Å². The van der Waals surface area contributed by atoms with Gasteiger partial charge in [-0.3, -0.25) is 0 Å². The standard InChI is InChI=1S/C5H3ClOSe/c6-5(7)4-2-1-3-8-4/h1-3H. The van der Waals surface area contributed by atoms with E-state index in [9.17, 15) is 4.79 Å². The number of hydrogen-bond acceptors (Lipinski definition) is 1. The SMILES string of the molecule is O=C(Cl)c1ccc[se]1. The van der Waals surface area contributed by atoms with E-state index in [1.807, 2.05) is 11.0 Å². The van der Waals surface area contributed by atoms with Crippen LogP contribution in [0.2, 0.25) is 0 Å². The molecular formula is C5H3ClOSe. The van der Waals surface area contributed by atoms with E-state index in [1.54, 1.807) is 6.07 Å². The van der Waals surface area contributed by atoms with Crippen molar-refractivity contribution in [2.24, 2.45) is 0 Å². The van der Waals surface area contributed by atoms with Crippen LogP contribution in [0.15, 0.2) is 17.1 Å². The van der Waals surface area contributed by atoms with Crippen LogP contribution in [-0.4, -0.2) is 19.7 Å². The van der Waals surface area contributed by atoms with Gasteiger partial charge in [0.1, 0.15) is 0 Å². The number of hydrogen-bond donors (Lipinski definition) is 0. The molecular weight excluding hydrogens is 190 g/mol. The van der Waals surface area contributed by atoms with Crippen LogP contribution in [0.1, 0.15) is 9.23 Å². The molecule has 0 radical (unpaired) electrons. The second-order valence-corrected chi connectivity index (χ2v) is 3.58. The van der Waals surface area contributed by atoms with Gasteiger partial charge in [0.2, 0.25) is 0 Å². The molecule has 0 amide bonds. The van der Waals surface area contributed by atoms with Gasteiger partial charge in [-0.2, -0.15) is 0 Å². The number of carbonyl (C=O) groups excluding carboxylic acids is 1. The first-order valence-corrected chi connectivity index (χ1v) is 4.26. The Labute approximate surface area is 58.0 Å². The van der Waals surface area contributed by atoms with E-state index in [-0.39, 0.29) is 19.7 Å². The molecule has 1 nitrogen and oxygen atoms in total. The number of halogens is 1. The third-order valence-electron chi connectivity index (χ3n) is 0.715. The molecule has 0 aromatic carbocycles. The fourth-order valence-corrected chi connectivity index (χ4v) is 1.85. The molecule has 1 rings (SSSR count). The first-order chi connectivity index (χ1) is 3.80. The molecule has 0 fully saturated rings. The van der Waals surface area contributed by atoms with Gasteiger partial charge in [0.05, 0.1) is 0 Å². The molecule has 3 heteroatoms. The minimum atomic E-state index is -0.310. The van der Waals surface area contributed by atoms with Crippen molar-refractivity contribution >= 4 is 31.3 Å². The van der Waals surface area contributed by atoms with Gasteiger partial charge in [0, 0.05) is 0 Å². The van der Waals surface area contributed by atoms with Crippen molar-refractivity contribution in [1.82, 2.24) is 0 Å². The van der Waals surface area contributed by atoms with Gasteiger partial charge in [-0.15, -0.1) is 0 Å². The topological polar surface area (TPSA) is 17.1 Å². The normalized spacial score (nSPS) is 9.12. The van der Waals surface area contributed by atoms with Crippen molar-refractivity contribution in [3.05, 3.63) is 21.5 Å². The number of rotatable bonds is 1. The van der Waals surface area contributed by atoms with E-state index in [2.05, 4.69) is 0 Å². The summed E-state index contributed by atoms with van der Waals surface area (Å²) in [5.74, 6) is 0. The molecule has 0 spiro atoms. The second kappa shape index (κ2) is 2.49. The molecule has 0 aliphatic carbocycles. The van der Waals surface area contributed by atoms with Gasteiger partial charge in [-0.05, 0) is 0 Å². The van der Waals surface area contributed by atoms with Crippen molar-refractivity contribution in [3.63, 3.8) is 0 Å². The maximum atomic E-state index is 10.3. The van der Waals surface area contributed by atoms with E-state index >= 15 is 0 Å². The molecule has 8 heavy (non-hydrogen) atoms. The first-order valence-electron chi connectivity index (χ1n) is 2.04. The molecule has 0 aliphatic rings. The van der Waals surface area contributed by atoms with E-state index in [1.165, 1.54) is 0 Å². The van der Waals surface area contributed by atoms with Gasteiger partial charge in [0.25, 0.3) is 0 Å². The zero-order valence-electron chi connectivity index (χ0n) is 3.93. The summed E-state index contributed by atoms with van der Waals surface area (Å²) < 4.78 is 0.749. The molecule has 0 saturated heterocycles. The summed E-state index contributed by atoms with van der Waals surface area (Å²) in [6.07, 6.45) is 0. The van der Waals surface area contributed by atoms with Crippen LogP contribution in [0.4, 0.5) is 0 Å². The molecule has 0 atom stereocenters. The molecule has 0 unspecified atom stereocenters. The third kappa shape index (κ3) is 1.22. The molecule has 0 bridgehead atoms. The Bertz CT molecular complexity index is 180. The van der Waals surface area contributed by atoms with Crippen LogP contribution in [0, 0.1) is 0 Å². The summed E-state index contributed by atoms with van der Waals surface area (Å²) in [6.45, 7) is 0. The monoisotopic (exact) mass is 194 g/mol. The second-order valence-electron chi connectivity index (χ2n) is 1.25. The van der Waals surface area contributed by atoms with Crippen LogP contribution in [0.25, 0.3) is 0 Å². The Balaban J connectivity index is 2.93. The third-order valence-corrected chi connectivity index (χ3v) is 3.00. The molecule has 1 aromatic heterocycles. The summed E-state index contributed by atoms with van der Waals surface area (Å²) in [6, 6.07) is 3.62. The average Bonchev–Trinajstić information content (AvgIpc) is 2.12. The van der Waals surface area contributed by atoms with Crippen molar-refractivity contribution in [3.8, 4) is 0 Å². The quantitative estimate of drug-likeness (QED) is 0.483. The van der Waals surface area contributed by atoms with Gasteiger partial charge in [-0.1, -0.05) is 0 Å². The zero-order chi connectivity index (χ0) is 5.98. The Kier molecular flexibility index (Phi) is 1.90. The molecule has 1 heterocycles. The van der Waals surface area contributed by atoms with Crippen molar-refractivity contribution < 1.29 is 4.79 Å². The predicted molar refractivity (Wildman–Crippen MR) is 33.6 cm³/mol. The molecule has 1 aromatic rings. The fourth-order valence-electron chi connectivity index (χ4n) is 0.390. The average molecular weight is 193 g/mol. The Hall–Kier alpha value is -0.0405. The van der Waals surface area contributed by atoms with Crippen LogP contribution < -0.4 is 0 Å². The Morgan fingerprint density at radius 2 is 2.50 bits per heavy atom. The maximum absolute atomic E-state index is 10.3. The fraction of sp³-hybridized carbons (Fsp3) is 0. The molecule has 0 aliphatic heterocycles. The van der Waals surface area contributed by atoms with Crippen LogP contribution in [-0.2, 0) is 0 Å². The minimum absolute atomic E-state index is 0.207. The van der Waals surface area contributed by atoms with Crippen molar-refractivity contribution in [1.29, 1.82) is 0 Å². The van der Waals surface area contributed by atoms with Gasteiger partial charge in [0.15, 0.2) is 0 Å². The van der Waals surface area contributed by atoms with Gasteiger partial charge < -0.3 is 0 Å². The summed E-state index contributed by atoms with van der Waals surface area (Å²) >= 11 is 5.36. The number of carbonyl (C=O) groups is 1. The van der Waals surface area contributed by atoms with Gasteiger partial charge >= 0.3 is 57.7 Å². The van der Waals surface area contributed by atoms with E-state index < -0.39 is 0 Å². The molecule has 0 N–H and O–H groups in total. The van der Waals surface area contributed by atoms with E-state index in [0.29, 0.717) is 0 Å². The predicted octanol–water partition coefficient (Wildman–Crippen LogP) is 1.12. The summed E-state index contributed by atoms with van der Waals surface area (Å²) in [4.78, 5) is 12.3. The Morgan fingerprint density at radius 3 is 2.75 bits per heavy atom. The van der Waals surface area contributed by atoms with Crippen LogP contribution in [0.5, 0.6) is 0 Å². The first kappa shape index (κ1) is 6.09. The van der Waals surface area contributed by atoms with Gasteiger partial charge in [-0.25, -0.2) is 0 Å². The summed E-state index contributed by atoms with van der Waals surface area (Å²) in [5, 5.41) is -0.310. The molecule has 42 valence electrons. The summed E-state index contributed by atoms with van der Waals surface area (Å²) in [5.41, 5.74) is 0. The molecule has 0 saturated carbocycles. The zero-order valence-corrected chi connectivity index (χ0v) is 6.40. The van der Waals surface area contributed by atoms with E-state index in [4.69, 9.17) is 11.6 Å². The summed E-state index contributed by atoms with van der Waals surface area (Å²) in [7, 11) is 0. The van der Waals surface area contributed by atoms with Crippen molar-refractivity contribution in [2.45, 2.75) is 0 Å². The van der Waals surface area contributed by atoms with E-state index in [0.717, 1.165) is 4.44 Å².